The number of nitrogens with zero attached hydrogens (tertiary/aromatic N) is 2. The fraction of sp³-hybridized carbons (Fsp3) is 0.515. The van der Waals surface area contributed by atoms with Crippen molar-refractivity contribution in [3.8, 4) is 11.5 Å². The van der Waals surface area contributed by atoms with Crippen molar-refractivity contribution in [3.63, 3.8) is 0 Å². The number of aliphatic hydroxyl groups excluding tert-OH is 1. The van der Waals surface area contributed by atoms with E-state index in [-0.39, 0.29) is 30.2 Å². The van der Waals surface area contributed by atoms with Crippen molar-refractivity contribution >= 4 is 16.8 Å². The van der Waals surface area contributed by atoms with Crippen LogP contribution in [-0.4, -0.2) is 83.8 Å². The SMILES string of the molecule is CN(CCNC[C@H](O)c1ccc(O)c2[nH]c(=O)ccc12)C(=O)CCOc1ccc(CCN2CC3CCC[C@]3(C)C2)cc1. The monoisotopic (exact) mass is 576 g/mol. The largest absolute Gasteiger partial charge is 0.506 e. The average Bonchev–Trinajstić information content (AvgIpc) is 3.49. The summed E-state index contributed by atoms with van der Waals surface area (Å²) in [6.45, 7) is 7.64. The number of H-pyrrole nitrogens is 1. The number of nitrogens with one attached hydrogen (secondary N) is 2. The number of aliphatic hydroxyl groups is 1. The summed E-state index contributed by atoms with van der Waals surface area (Å²) in [5.41, 5.74) is 2.43. The van der Waals surface area contributed by atoms with Crippen LogP contribution in [0.2, 0.25) is 0 Å². The number of benzene rings is 2. The molecule has 2 aromatic carbocycles. The summed E-state index contributed by atoms with van der Waals surface area (Å²) in [5, 5.41) is 24.5. The highest BCUT2D eigenvalue weighted by Gasteiger charge is 2.45. The molecule has 1 amide bonds. The first-order valence-corrected chi connectivity index (χ1v) is 15.1. The average molecular weight is 577 g/mol. The van der Waals surface area contributed by atoms with Gasteiger partial charge in [0.2, 0.25) is 11.5 Å². The molecule has 42 heavy (non-hydrogen) atoms. The van der Waals surface area contributed by atoms with Crippen LogP contribution in [0.3, 0.4) is 0 Å². The van der Waals surface area contributed by atoms with Gasteiger partial charge in [-0.25, -0.2) is 0 Å². The number of carbonyl (C=O) groups excluding carboxylic acids is 1. The Morgan fingerprint density at radius 2 is 2.02 bits per heavy atom. The number of aromatic nitrogens is 1. The van der Waals surface area contributed by atoms with E-state index in [0.29, 0.717) is 41.6 Å². The van der Waals surface area contributed by atoms with Crippen molar-refractivity contribution in [1.29, 1.82) is 0 Å². The van der Waals surface area contributed by atoms with Crippen LogP contribution in [0.4, 0.5) is 0 Å². The fourth-order valence-electron chi connectivity index (χ4n) is 6.64. The third kappa shape index (κ3) is 7.14. The molecule has 1 saturated carbocycles. The number of likely N-dealkylation sites (tertiary alicyclic amines) is 1. The zero-order chi connectivity index (χ0) is 29.7. The number of likely N-dealkylation sites (N-methyl/N-ethyl adjacent to an activating group) is 1. The second kappa shape index (κ2) is 13.3. The Balaban J connectivity index is 0.973. The predicted octanol–water partition coefficient (Wildman–Crippen LogP) is 3.45. The highest BCUT2D eigenvalue weighted by molar-refractivity contribution is 5.87. The number of ether oxygens (including phenoxy) is 1. The Hall–Kier alpha value is -3.40. The van der Waals surface area contributed by atoms with Crippen LogP contribution < -0.4 is 15.6 Å². The fourth-order valence-corrected chi connectivity index (χ4v) is 6.64. The number of phenols is 1. The van der Waals surface area contributed by atoms with Crippen LogP contribution in [0.5, 0.6) is 11.5 Å². The molecule has 0 bridgehead atoms. The standard InChI is InChI=1S/C33H44N4O5/c1-33-15-3-4-24(33)21-37(22-33)17-13-23-5-7-25(8-6-23)42-19-14-31(41)36(2)18-16-34-20-29(39)26-9-11-28(38)32-27(26)10-12-30(40)35-32/h5-12,24,29,34,38-39H,3-4,13-22H2,1-2H3,(H,35,40)/t24?,29-,33+/m0/s1. The number of hydrogen-bond donors (Lipinski definition) is 4. The zero-order valence-corrected chi connectivity index (χ0v) is 24.8. The van der Waals surface area contributed by atoms with Gasteiger partial charge in [-0.1, -0.05) is 31.5 Å². The summed E-state index contributed by atoms with van der Waals surface area (Å²) in [6, 6.07) is 14.3. The van der Waals surface area contributed by atoms with Crippen molar-refractivity contribution in [1.82, 2.24) is 20.1 Å². The van der Waals surface area contributed by atoms with Gasteiger partial charge < -0.3 is 35.1 Å². The lowest BCUT2D eigenvalue weighted by molar-refractivity contribution is -0.130. The molecule has 9 heteroatoms. The van der Waals surface area contributed by atoms with E-state index < -0.39 is 6.10 Å². The molecule has 0 spiro atoms. The number of hydrogen-bond acceptors (Lipinski definition) is 7. The normalized spacial score (nSPS) is 21.0. The Bertz CT molecular complexity index is 1420. The van der Waals surface area contributed by atoms with E-state index in [1.165, 1.54) is 50.0 Å². The molecule has 0 radical (unpaired) electrons. The van der Waals surface area contributed by atoms with E-state index in [0.717, 1.165) is 24.6 Å². The van der Waals surface area contributed by atoms with Crippen LogP contribution >= 0.6 is 0 Å². The van der Waals surface area contributed by atoms with E-state index in [1.807, 2.05) is 12.1 Å². The minimum atomic E-state index is -0.844. The predicted molar refractivity (Wildman–Crippen MR) is 164 cm³/mol. The van der Waals surface area contributed by atoms with Crippen molar-refractivity contribution in [2.24, 2.45) is 11.3 Å². The molecule has 2 aliphatic rings. The summed E-state index contributed by atoms with van der Waals surface area (Å²) in [4.78, 5) is 31.1. The second-order valence-electron chi connectivity index (χ2n) is 12.3. The van der Waals surface area contributed by atoms with Crippen LogP contribution in [0.15, 0.2) is 53.3 Å². The minimum absolute atomic E-state index is 0.00784. The van der Waals surface area contributed by atoms with Gasteiger partial charge in [-0.2, -0.15) is 0 Å². The molecule has 1 unspecified atom stereocenters. The molecule has 2 heterocycles. The first-order valence-electron chi connectivity index (χ1n) is 15.1. The molecule has 9 nitrogen and oxygen atoms in total. The molecule has 4 N–H and O–H groups in total. The molecule has 1 aromatic heterocycles. The maximum Gasteiger partial charge on any atom is 0.248 e. The topological polar surface area (TPSA) is 118 Å². The van der Waals surface area contributed by atoms with E-state index in [4.69, 9.17) is 4.74 Å². The van der Waals surface area contributed by atoms with Crippen LogP contribution in [0.1, 0.15) is 49.8 Å². The van der Waals surface area contributed by atoms with Gasteiger partial charge in [-0.3, -0.25) is 9.59 Å². The molecule has 5 rings (SSSR count). The van der Waals surface area contributed by atoms with Gasteiger partial charge in [0.1, 0.15) is 11.5 Å². The first kappa shape index (κ1) is 30.1. The van der Waals surface area contributed by atoms with Gasteiger partial charge >= 0.3 is 0 Å². The lowest BCUT2D eigenvalue weighted by Crippen LogP contribution is -2.35. The van der Waals surface area contributed by atoms with Crippen molar-refractivity contribution in [2.75, 3.05) is 52.9 Å². The molecular formula is C33H44N4O5. The van der Waals surface area contributed by atoms with E-state index in [2.05, 4.69) is 34.3 Å². The van der Waals surface area contributed by atoms with Gasteiger partial charge in [0, 0.05) is 57.8 Å². The summed E-state index contributed by atoms with van der Waals surface area (Å²) in [7, 11) is 1.76. The van der Waals surface area contributed by atoms with Crippen LogP contribution in [0, 0.1) is 11.3 Å². The lowest BCUT2D eigenvalue weighted by Gasteiger charge is -2.23. The van der Waals surface area contributed by atoms with Crippen LogP contribution in [0.25, 0.3) is 10.9 Å². The smallest absolute Gasteiger partial charge is 0.248 e. The second-order valence-corrected chi connectivity index (χ2v) is 12.3. The van der Waals surface area contributed by atoms with Crippen LogP contribution in [-0.2, 0) is 11.2 Å². The molecule has 2 fully saturated rings. The van der Waals surface area contributed by atoms with E-state index in [1.54, 1.807) is 24.1 Å². The summed E-state index contributed by atoms with van der Waals surface area (Å²) < 4.78 is 5.83. The number of amides is 1. The van der Waals surface area contributed by atoms with Crippen molar-refractivity contribution in [3.05, 3.63) is 70.0 Å². The minimum Gasteiger partial charge on any atom is -0.506 e. The van der Waals surface area contributed by atoms with Gasteiger partial charge in [0.15, 0.2) is 0 Å². The quantitative estimate of drug-likeness (QED) is 0.230. The number of aromatic amines is 1. The molecule has 1 aliphatic carbocycles. The maximum atomic E-state index is 12.6. The van der Waals surface area contributed by atoms with Gasteiger partial charge in [0.25, 0.3) is 0 Å². The third-order valence-electron chi connectivity index (χ3n) is 9.23. The van der Waals surface area contributed by atoms with E-state index in [9.17, 15) is 19.8 Å². The summed E-state index contributed by atoms with van der Waals surface area (Å²) >= 11 is 0. The molecular weight excluding hydrogens is 532 g/mol. The van der Waals surface area contributed by atoms with Crippen molar-refractivity contribution in [2.45, 2.75) is 45.1 Å². The first-order chi connectivity index (χ1) is 20.2. The van der Waals surface area contributed by atoms with Crippen molar-refractivity contribution < 1.29 is 19.7 Å². The van der Waals surface area contributed by atoms with Gasteiger partial charge in [-0.15, -0.1) is 0 Å². The number of pyridine rings is 1. The highest BCUT2D eigenvalue weighted by Crippen LogP contribution is 2.48. The third-order valence-corrected chi connectivity index (χ3v) is 9.23. The Kier molecular flexibility index (Phi) is 9.50. The maximum absolute atomic E-state index is 12.6. The van der Waals surface area contributed by atoms with Gasteiger partial charge in [0.05, 0.1) is 24.6 Å². The summed E-state index contributed by atoms with van der Waals surface area (Å²) in [5.74, 6) is 1.61. The molecule has 3 aromatic rings. The molecule has 1 aliphatic heterocycles. The van der Waals surface area contributed by atoms with E-state index >= 15 is 0 Å². The molecule has 226 valence electrons. The Morgan fingerprint density at radius 1 is 1.21 bits per heavy atom. The zero-order valence-electron chi connectivity index (χ0n) is 24.8. The number of rotatable bonds is 13. The highest BCUT2D eigenvalue weighted by atomic mass is 16.5. The molecule has 3 atom stereocenters. The van der Waals surface area contributed by atoms with Gasteiger partial charge in [-0.05, 0) is 66.0 Å². The Morgan fingerprint density at radius 3 is 2.81 bits per heavy atom. The number of aromatic hydroxyl groups is 1. The molecule has 1 saturated heterocycles. The number of carbonyl (C=O) groups is 1. The lowest BCUT2D eigenvalue weighted by atomic mass is 9.83. The summed E-state index contributed by atoms with van der Waals surface area (Å²) in [6.07, 6.45) is 4.66. The number of fused-ring (bicyclic) bond motifs is 2. The Labute approximate surface area is 247 Å². The number of phenolic OH excluding ortho intramolecular Hbond substituents is 1.